The lowest BCUT2D eigenvalue weighted by Gasteiger charge is -2.38. The van der Waals surface area contributed by atoms with Crippen LogP contribution in [0.1, 0.15) is 25.7 Å². The van der Waals surface area contributed by atoms with E-state index >= 15 is 0 Å². The van der Waals surface area contributed by atoms with Crippen molar-refractivity contribution in [2.75, 3.05) is 17.3 Å². The fourth-order valence-corrected chi connectivity index (χ4v) is 2.49. The number of alkyl halides is 1. The molecule has 0 aliphatic heterocycles. The van der Waals surface area contributed by atoms with E-state index < -0.39 is 0 Å². The van der Waals surface area contributed by atoms with Gasteiger partial charge in [0.2, 0.25) is 0 Å². The predicted octanol–water partition coefficient (Wildman–Crippen LogP) is 1.41. The molecule has 2 aromatic rings. The van der Waals surface area contributed by atoms with Crippen LogP contribution in [-0.4, -0.2) is 38.0 Å². The molecule has 1 aliphatic carbocycles. The van der Waals surface area contributed by atoms with Gasteiger partial charge in [-0.1, -0.05) is 0 Å². The minimum atomic E-state index is -0.259. The smallest absolute Gasteiger partial charge is 0.348 e. The molecule has 1 N–H and O–H groups in total. The van der Waals surface area contributed by atoms with Crippen molar-refractivity contribution in [1.29, 1.82) is 0 Å². The molecule has 0 saturated heterocycles. The summed E-state index contributed by atoms with van der Waals surface area (Å²) in [6, 6.07) is 2.40. The minimum Gasteiger partial charge on any atom is -0.353 e. The molecule has 1 fully saturated rings. The molecule has 0 radical (unpaired) electrons. The van der Waals surface area contributed by atoms with E-state index in [0.717, 1.165) is 18.8 Å². The average Bonchev–Trinajstić information content (AvgIpc) is 2.73. The number of aromatic nitrogens is 4. The van der Waals surface area contributed by atoms with Crippen molar-refractivity contribution in [3.8, 4) is 0 Å². The zero-order chi connectivity index (χ0) is 13.2. The highest BCUT2D eigenvalue weighted by Gasteiger charge is 2.25. The first-order valence-corrected chi connectivity index (χ1v) is 7.08. The number of aromatic amines is 1. The molecule has 1 aliphatic rings. The zero-order valence-corrected chi connectivity index (χ0v) is 11.3. The molecule has 1 saturated carbocycles. The second-order valence-electron chi connectivity index (χ2n) is 4.82. The van der Waals surface area contributed by atoms with Gasteiger partial charge < -0.3 is 4.90 Å². The molecular formula is C12H16ClN5O. The topological polar surface area (TPSA) is 66.3 Å². The average molecular weight is 282 g/mol. The van der Waals surface area contributed by atoms with Gasteiger partial charge in [0.15, 0.2) is 5.65 Å². The number of nitrogens with zero attached hydrogens (tertiary/aromatic N) is 4. The molecule has 3 rings (SSSR count). The van der Waals surface area contributed by atoms with Crippen molar-refractivity contribution >= 4 is 23.1 Å². The fraction of sp³-hybridized carbons (Fsp3) is 0.583. The van der Waals surface area contributed by atoms with E-state index in [-0.39, 0.29) is 5.69 Å². The van der Waals surface area contributed by atoms with Gasteiger partial charge in [0, 0.05) is 24.5 Å². The molecule has 19 heavy (non-hydrogen) atoms. The van der Waals surface area contributed by atoms with Crippen LogP contribution in [-0.2, 0) is 0 Å². The van der Waals surface area contributed by atoms with Gasteiger partial charge >= 0.3 is 5.69 Å². The van der Waals surface area contributed by atoms with Crippen LogP contribution in [0.5, 0.6) is 0 Å². The van der Waals surface area contributed by atoms with E-state index in [4.69, 9.17) is 11.6 Å². The number of hydrogen-bond acceptors (Lipinski definition) is 4. The summed E-state index contributed by atoms with van der Waals surface area (Å²) in [6.07, 6.45) is 6.12. The van der Waals surface area contributed by atoms with Crippen LogP contribution in [0.4, 0.5) is 5.82 Å². The van der Waals surface area contributed by atoms with Crippen LogP contribution < -0.4 is 10.6 Å². The first kappa shape index (κ1) is 12.5. The van der Waals surface area contributed by atoms with Gasteiger partial charge in [0.1, 0.15) is 12.1 Å². The van der Waals surface area contributed by atoms with Crippen molar-refractivity contribution in [2.45, 2.75) is 31.7 Å². The standard InChI is InChI=1S/C12H16ClN5O/c13-5-2-6-17(9-3-1-4-9)10-7-11-15-16-12(19)18(11)8-14-10/h7-9H,1-6H2,(H,16,19). The van der Waals surface area contributed by atoms with Gasteiger partial charge in [0.25, 0.3) is 0 Å². The summed E-state index contributed by atoms with van der Waals surface area (Å²) in [4.78, 5) is 18.1. The Morgan fingerprint density at radius 3 is 3.05 bits per heavy atom. The maximum absolute atomic E-state index is 11.4. The second kappa shape index (κ2) is 5.21. The fourth-order valence-electron chi connectivity index (χ4n) is 2.37. The normalized spacial score (nSPS) is 15.6. The summed E-state index contributed by atoms with van der Waals surface area (Å²) in [5.74, 6) is 1.52. The van der Waals surface area contributed by atoms with Gasteiger partial charge in [-0.15, -0.1) is 11.6 Å². The Kier molecular flexibility index (Phi) is 3.42. The summed E-state index contributed by atoms with van der Waals surface area (Å²) in [5.41, 5.74) is 0.343. The third kappa shape index (κ3) is 2.32. The molecule has 6 nitrogen and oxygen atoms in total. The molecule has 2 aromatic heterocycles. The van der Waals surface area contributed by atoms with E-state index in [1.807, 2.05) is 6.07 Å². The summed E-state index contributed by atoms with van der Waals surface area (Å²) in [7, 11) is 0. The minimum absolute atomic E-state index is 0.259. The number of hydrogen-bond donors (Lipinski definition) is 1. The van der Waals surface area contributed by atoms with Crippen molar-refractivity contribution in [2.24, 2.45) is 0 Å². The molecule has 102 valence electrons. The number of rotatable bonds is 5. The van der Waals surface area contributed by atoms with Crippen LogP contribution >= 0.6 is 11.6 Å². The van der Waals surface area contributed by atoms with Crippen LogP contribution in [0.15, 0.2) is 17.2 Å². The van der Waals surface area contributed by atoms with E-state index in [0.29, 0.717) is 17.6 Å². The highest BCUT2D eigenvalue weighted by Crippen LogP contribution is 2.28. The Hall–Kier alpha value is -1.56. The SMILES string of the molecule is O=c1[nH]nc2cc(N(CCCCl)C3CCC3)ncn12. The molecule has 0 spiro atoms. The van der Waals surface area contributed by atoms with Gasteiger partial charge in [-0.2, -0.15) is 5.10 Å². The first-order chi connectivity index (χ1) is 9.29. The molecule has 2 heterocycles. The van der Waals surface area contributed by atoms with Gasteiger partial charge in [-0.25, -0.2) is 19.3 Å². The molecule has 0 amide bonds. The molecule has 7 heteroatoms. The maximum atomic E-state index is 11.4. The monoisotopic (exact) mass is 281 g/mol. The molecular weight excluding hydrogens is 266 g/mol. The molecule has 0 atom stereocenters. The van der Waals surface area contributed by atoms with E-state index in [1.54, 1.807) is 0 Å². The van der Waals surface area contributed by atoms with Crippen molar-refractivity contribution in [3.63, 3.8) is 0 Å². The van der Waals surface area contributed by atoms with Crippen LogP contribution in [0, 0.1) is 0 Å². The molecule has 0 aromatic carbocycles. The summed E-state index contributed by atoms with van der Waals surface area (Å²) in [5, 5.41) is 6.40. The molecule has 0 unspecified atom stereocenters. The Morgan fingerprint density at radius 1 is 1.53 bits per heavy atom. The van der Waals surface area contributed by atoms with Crippen molar-refractivity contribution in [1.82, 2.24) is 19.6 Å². The largest absolute Gasteiger partial charge is 0.353 e. The second-order valence-corrected chi connectivity index (χ2v) is 5.20. The quantitative estimate of drug-likeness (QED) is 0.842. The summed E-state index contributed by atoms with van der Waals surface area (Å²) in [6.45, 7) is 0.895. The van der Waals surface area contributed by atoms with E-state index in [2.05, 4.69) is 20.1 Å². The van der Waals surface area contributed by atoms with Gasteiger partial charge in [0.05, 0.1) is 0 Å². The lowest BCUT2D eigenvalue weighted by atomic mass is 9.91. The molecule has 0 bridgehead atoms. The maximum Gasteiger partial charge on any atom is 0.348 e. The summed E-state index contributed by atoms with van der Waals surface area (Å²) < 4.78 is 1.41. The number of anilines is 1. The summed E-state index contributed by atoms with van der Waals surface area (Å²) >= 11 is 5.79. The lowest BCUT2D eigenvalue weighted by Crippen LogP contribution is -2.41. The lowest BCUT2D eigenvalue weighted by molar-refractivity contribution is 0.384. The van der Waals surface area contributed by atoms with Crippen molar-refractivity contribution in [3.05, 3.63) is 22.9 Å². The number of nitrogens with one attached hydrogen (secondary N) is 1. The highest BCUT2D eigenvalue weighted by molar-refractivity contribution is 6.17. The van der Waals surface area contributed by atoms with Gasteiger partial charge in [-0.05, 0) is 25.7 Å². The third-order valence-electron chi connectivity index (χ3n) is 3.64. The van der Waals surface area contributed by atoms with Crippen LogP contribution in [0.25, 0.3) is 5.65 Å². The third-order valence-corrected chi connectivity index (χ3v) is 3.91. The van der Waals surface area contributed by atoms with Crippen LogP contribution in [0.2, 0.25) is 0 Å². The van der Waals surface area contributed by atoms with E-state index in [1.165, 1.54) is 30.0 Å². The zero-order valence-electron chi connectivity index (χ0n) is 10.5. The Balaban J connectivity index is 1.91. The predicted molar refractivity (Wildman–Crippen MR) is 73.9 cm³/mol. The number of halogens is 1. The van der Waals surface area contributed by atoms with Crippen molar-refractivity contribution < 1.29 is 0 Å². The first-order valence-electron chi connectivity index (χ1n) is 6.55. The number of fused-ring (bicyclic) bond motifs is 1. The number of H-pyrrole nitrogens is 1. The Bertz CT molecular complexity index is 618. The van der Waals surface area contributed by atoms with E-state index in [9.17, 15) is 4.79 Å². The Morgan fingerprint density at radius 2 is 2.37 bits per heavy atom. The van der Waals surface area contributed by atoms with Gasteiger partial charge in [-0.3, -0.25) is 0 Å². The Labute approximate surface area is 115 Å². The highest BCUT2D eigenvalue weighted by atomic mass is 35.5. The van der Waals surface area contributed by atoms with Crippen LogP contribution in [0.3, 0.4) is 0 Å².